The van der Waals surface area contributed by atoms with Gasteiger partial charge in [0.05, 0.1) is 6.04 Å². The molecule has 1 aliphatic heterocycles. The summed E-state index contributed by atoms with van der Waals surface area (Å²) < 4.78 is 0. The number of fused-ring (bicyclic) bond motifs is 1. The zero-order valence-corrected chi connectivity index (χ0v) is 14.9. The lowest BCUT2D eigenvalue weighted by Gasteiger charge is -2.36. The first-order valence-corrected chi connectivity index (χ1v) is 9.38. The summed E-state index contributed by atoms with van der Waals surface area (Å²) >= 11 is 0. The van der Waals surface area contributed by atoms with Gasteiger partial charge in [-0.25, -0.2) is 0 Å². The van der Waals surface area contributed by atoms with E-state index < -0.39 is 0 Å². The highest BCUT2D eigenvalue weighted by Gasteiger charge is 2.25. The van der Waals surface area contributed by atoms with Crippen LogP contribution in [0.3, 0.4) is 0 Å². The second-order valence-electron chi connectivity index (χ2n) is 6.85. The number of aryl methyl sites for hydroxylation is 1. The van der Waals surface area contributed by atoms with Gasteiger partial charge in [-0.15, -0.1) is 0 Å². The van der Waals surface area contributed by atoms with Gasteiger partial charge in [-0.2, -0.15) is 0 Å². The third kappa shape index (κ3) is 3.33. The largest absolute Gasteiger partial charge is 0.314 e. The summed E-state index contributed by atoms with van der Waals surface area (Å²) in [7, 11) is 0. The molecule has 1 saturated heterocycles. The highest BCUT2D eigenvalue weighted by atomic mass is 15.2. The number of rotatable bonds is 4. The highest BCUT2D eigenvalue weighted by molar-refractivity contribution is 5.86. The third-order valence-electron chi connectivity index (χ3n) is 5.34. The van der Waals surface area contributed by atoms with Crippen LogP contribution in [0.2, 0.25) is 0 Å². The molecule has 0 radical (unpaired) electrons. The zero-order valence-electron chi connectivity index (χ0n) is 14.9. The smallest absolute Gasteiger partial charge is 0.0608 e. The first-order chi connectivity index (χ1) is 12.4. The van der Waals surface area contributed by atoms with Crippen molar-refractivity contribution in [2.24, 2.45) is 0 Å². The molecule has 128 valence electrons. The number of hydrogen-bond acceptors (Lipinski definition) is 2. The van der Waals surface area contributed by atoms with Crippen LogP contribution in [0.1, 0.15) is 29.7 Å². The molecule has 1 N–H and O–H groups in total. The van der Waals surface area contributed by atoms with Gasteiger partial charge in [0.15, 0.2) is 0 Å². The molecule has 0 saturated carbocycles. The molecule has 4 rings (SSSR count). The fourth-order valence-corrected chi connectivity index (χ4v) is 3.95. The van der Waals surface area contributed by atoms with E-state index in [0.717, 1.165) is 32.6 Å². The minimum atomic E-state index is 0.319. The molecule has 25 heavy (non-hydrogen) atoms. The van der Waals surface area contributed by atoms with E-state index in [1.807, 2.05) is 0 Å². The minimum absolute atomic E-state index is 0.319. The molecule has 0 amide bonds. The summed E-state index contributed by atoms with van der Waals surface area (Å²) in [4.78, 5) is 2.62. The molecule has 2 nitrogen and oxygen atoms in total. The van der Waals surface area contributed by atoms with Crippen molar-refractivity contribution >= 4 is 10.8 Å². The predicted molar refractivity (Wildman–Crippen MR) is 106 cm³/mol. The molecule has 1 heterocycles. The third-order valence-corrected chi connectivity index (χ3v) is 5.34. The molecule has 3 aromatic rings. The molecule has 1 fully saturated rings. The summed E-state index contributed by atoms with van der Waals surface area (Å²) in [6.45, 7) is 6.52. The maximum atomic E-state index is 3.49. The first-order valence-electron chi connectivity index (χ1n) is 9.38. The van der Waals surface area contributed by atoms with Crippen molar-refractivity contribution in [3.05, 3.63) is 83.4 Å². The Bertz CT molecular complexity index is 827. The van der Waals surface area contributed by atoms with Gasteiger partial charge in [0.25, 0.3) is 0 Å². The molecule has 0 aromatic heterocycles. The van der Waals surface area contributed by atoms with E-state index in [9.17, 15) is 0 Å². The van der Waals surface area contributed by atoms with Gasteiger partial charge >= 0.3 is 0 Å². The topological polar surface area (TPSA) is 15.3 Å². The molecule has 0 aliphatic carbocycles. The lowest BCUT2D eigenvalue weighted by atomic mass is 9.91. The Morgan fingerprint density at radius 1 is 0.880 bits per heavy atom. The molecular weight excluding hydrogens is 304 g/mol. The van der Waals surface area contributed by atoms with Gasteiger partial charge in [0.1, 0.15) is 0 Å². The van der Waals surface area contributed by atoms with E-state index in [4.69, 9.17) is 0 Å². The van der Waals surface area contributed by atoms with Crippen LogP contribution in [0, 0.1) is 0 Å². The van der Waals surface area contributed by atoms with Crippen LogP contribution in [-0.2, 0) is 6.42 Å². The number of hydrogen-bond donors (Lipinski definition) is 1. The molecule has 0 bridgehead atoms. The van der Waals surface area contributed by atoms with Crippen molar-refractivity contribution in [2.75, 3.05) is 26.2 Å². The normalized spacial score (nSPS) is 16.8. The van der Waals surface area contributed by atoms with Crippen molar-refractivity contribution < 1.29 is 0 Å². The summed E-state index contributed by atoms with van der Waals surface area (Å²) in [5.41, 5.74) is 4.22. The molecule has 1 unspecified atom stereocenters. The van der Waals surface area contributed by atoms with Gasteiger partial charge in [0.2, 0.25) is 0 Å². The molecule has 1 atom stereocenters. The molecule has 3 aromatic carbocycles. The van der Waals surface area contributed by atoms with Crippen molar-refractivity contribution in [3.8, 4) is 0 Å². The van der Waals surface area contributed by atoms with E-state index in [1.165, 1.54) is 27.5 Å². The Labute approximate surface area is 150 Å². The van der Waals surface area contributed by atoms with E-state index in [1.54, 1.807) is 0 Å². The molecular formula is C23H26N2. The summed E-state index contributed by atoms with van der Waals surface area (Å²) in [6, 6.07) is 25.0. The van der Waals surface area contributed by atoms with Crippen LogP contribution in [0.4, 0.5) is 0 Å². The summed E-state index contributed by atoms with van der Waals surface area (Å²) in [6.07, 6.45) is 1.09. The van der Waals surface area contributed by atoms with Gasteiger partial charge in [-0.3, -0.25) is 4.90 Å². The maximum Gasteiger partial charge on any atom is 0.0608 e. The minimum Gasteiger partial charge on any atom is -0.314 e. The Morgan fingerprint density at radius 2 is 1.60 bits per heavy atom. The van der Waals surface area contributed by atoms with Crippen LogP contribution in [0.5, 0.6) is 0 Å². The second kappa shape index (κ2) is 7.38. The number of piperazine rings is 1. The SMILES string of the molecule is CCc1ccc(C(c2cccc3ccccc23)N2CCNCC2)cc1. The van der Waals surface area contributed by atoms with Gasteiger partial charge in [-0.05, 0) is 33.9 Å². The lowest BCUT2D eigenvalue weighted by molar-refractivity contribution is 0.199. The fraction of sp³-hybridized carbons (Fsp3) is 0.304. The fourth-order valence-electron chi connectivity index (χ4n) is 3.95. The Kier molecular flexibility index (Phi) is 4.82. The number of nitrogens with one attached hydrogen (secondary N) is 1. The van der Waals surface area contributed by atoms with E-state index in [-0.39, 0.29) is 0 Å². The van der Waals surface area contributed by atoms with Crippen molar-refractivity contribution in [1.29, 1.82) is 0 Å². The van der Waals surface area contributed by atoms with E-state index in [2.05, 4.69) is 83.9 Å². The van der Waals surface area contributed by atoms with Gasteiger partial charge in [0, 0.05) is 26.2 Å². The van der Waals surface area contributed by atoms with Crippen molar-refractivity contribution in [3.63, 3.8) is 0 Å². The Morgan fingerprint density at radius 3 is 2.36 bits per heavy atom. The molecule has 0 spiro atoms. The van der Waals surface area contributed by atoms with Crippen LogP contribution in [-0.4, -0.2) is 31.1 Å². The van der Waals surface area contributed by atoms with Gasteiger partial charge < -0.3 is 5.32 Å². The highest BCUT2D eigenvalue weighted by Crippen LogP contribution is 2.34. The van der Waals surface area contributed by atoms with Crippen molar-refractivity contribution in [2.45, 2.75) is 19.4 Å². The van der Waals surface area contributed by atoms with Crippen molar-refractivity contribution in [1.82, 2.24) is 10.2 Å². The monoisotopic (exact) mass is 330 g/mol. The number of benzene rings is 3. The average molecular weight is 330 g/mol. The summed E-state index contributed by atoms with van der Waals surface area (Å²) in [5.74, 6) is 0. The van der Waals surface area contributed by atoms with Gasteiger partial charge in [-0.1, -0.05) is 73.7 Å². The molecule has 1 aliphatic rings. The average Bonchev–Trinajstić information content (AvgIpc) is 2.70. The molecule has 2 heteroatoms. The summed E-state index contributed by atoms with van der Waals surface area (Å²) in [5, 5.41) is 6.18. The van der Waals surface area contributed by atoms with E-state index in [0.29, 0.717) is 6.04 Å². The zero-order chi connectivity index (χ0) is 17.1. The standard InChI is InChI=1S/C23H26N2/c1-2-18-10-12-20(13-11-18)23(25-16-14-24-15-17-25)22-9-5-7-19-6-3-4-8-21(19)22/h3-13,23-24H,2,14-17H2,1H3. The van der Waals surface area contributed by atoms with E-state index >= 15 is 0 Å². The van der Waals surface area contributed by atoms with Crippen LogP contribution < -0.4 is 5.32 Å². The predicted octanol–water partition coefficient (Wildman–Crippen LogP) is 4.40. The number of nitrogens with zero attached hydrogens (tertiary/aromatic N) is 1. The van der Waals surface area contributed by atoms with Crippen LogP contribution >= 0.6 is 0 Å². The lowest BCUT2D eigenvalue weighted by Crippen LogP contribution is -2.45. The maximum absolute atomic E-state index is 3.49. The Balaban J connectivity index is 1.83. The second-order valence-corrected chi connectivity index (χ2v) is 6.85. The quantitative estimate of drug-likeness (QED) is 0.763. The van der Waals surface area contributed by atoms with Crippen LogP contribution in [0.25, 0.3) is 10.8 Å². The van der Waals surface area contributed by atoms with Crippen LogP contribution in [0.15, 0.2) is 66.7 Å². The first kappa shape index (κ1) is 16.3. The Hall–Kier alpha value is -2.16.